The Bertz CT molecular complexity index is 1350. The van der Waals surface area contributed by atoms with E-state index >= 15 is 0 Å². The second-order valence-corrected chi connectivity index (χ2v) is 7.40. The number of ether oxygens (including phenoxy) is 2. The fourth-order valence-electron chi connectivity index (χ4n) is 4.04. The fourth-order valence-corrected chi connectivity index (χ4v) is 4.04. The molecule has 1 aliphatic heterocycles. The summed E-state index contributed by atoms with van der Waals surface area (Å²) in [6.45, 7) is 1.90. The lowest BCUT2D eigenvalue weighted by Crippen LogP contribution is -2.35. The van der Waals surface area contributed by atoms with Gasteiger partial charge in [-0.25, -0.2) is 4.68 Å². The zero-order chi connectivity index (χ0) is 22.2. The number of benzene rings is 2. The number of carbonyl (C=O) groups is 1. The summed E-state index contributed by atoms with van der Waals surface area (Å²) < 4.78 is 12.4. The van der Waals surface area contributed by atoms with Crippen molar-refractivity contribution < 1.29 is 14.3 Å². The molecule has 0 saturated carbocycles. The molecule has 32 heavy (non-hydrogen) atoms. The Labute approximate surface area is 184 Å². The molecular weight excluding hydrogens is 408 g/mol. The first-order valence-electron chi connectivity index (χ1n) is 10.1. The van der Waals surface area contributed by atoms with Gasteiger partial charge in [0.25, 0.3) is 5.91 Å². The van der Waals surface area contributed by atoms with E-state index in [2.05, 4.69) is 25.7 Å². The number of aromatic nitrogens is 4. The monoisotopic (exact) mass is 430 g/mol. The maximum atomic E-state index is 13.3. The van der Waals surface area contributed by atoms with E-state index < -0.39 is 0 Å². The lowest BCUT2D eigenvalue weighted by molar-refractivity contribution is 0.0958. The molecule has 0 aliphatic carbocycles. The molecule has 0 unspecified atom stereocenters. The van der Waals surface area contributed by atoms with Crippen LogP contribution < -0.4 is 20.1 Å². The molecule has 5 rings (SSSR count). The van der Waals surface area contributed by atoms with Crippen molar-refractivity contribution in [3.05, 3.63) is 77.5 Å². The van der Waals surface area contributed by atoms with Gasteiger partial charge in [-0.3, -0.25) is 4.79 Å². The van der Waals surface area contributed by atoms with Crippen molar-refractivity contribution >= 4 is 22.8 Å². The number of hydrogen-bond donors (Lipinski definition) is 3. The molecule has 0 saturated heterocycles. The second-order valence-electron chi connectivity index (χ2n) is 7.40. The first-order chi connectivity index (χ1) is 15.6. The number of methoxy groups -OCH3 is 2. The lowest BCUT2D eigenvalue weighted by atomic mass is 10.00. The van der Waals surface area contributed by atoms with Crippen molar-refractivity contribution in [1.29, 1.82) is 0 Å². The third kappa shape index (κ3) is 3.15. The molecule has 3 N–H and O–H groups in total. The van der Waals surface area contributed by atoms with Gasteiger partial charge < -0.3 is 25.1 Å². The highest BCUT2D eigenvalue weighted by Gasteiger charge is 2.32. The summed E-state index contributed by atoms with van der Waals surface area (Å²) in [6, 6.07) is 12.7. The minimum absolute atomic E-state index is 0.297. The second kappa shape index (κ2) is 7.77. The van der Waals surface area contributed by atoms with Gasteiger partial charge in [0.05, 0.1) is 25.5 Å². The first-order valence-corrected chi connectivity index (χ1v) is 10.1. The molecule has 1 atom stereocenters. The number of nitrogens with one attached hydrogen (secondary N) is 3. The van der Waals surface area contributed by atoms with E-state index in [-0.39, 0.29) is 11.9 Å². The Morgan fingerprint density at radius 3 is 2.81 bits per heavy atom. The molecule has 0 fully saturated rings. The SMILES string of the molecule is COc1ccc(C(=O)NC2=C(C)Nc3ncnn3[C@@H]2c2c[nH]c3ccccc23)c(OC)c1. The van der Waals surface area contributed by atoms with Crippen LogP contribution in [0.1, 0.15) is 28.9 Å². The number of amides is 1. The smallest absolute Gasteiger partial charge is 0.259 e. The number of fused-ring (bicyclic) bond motifs is 2. The summed E-state index contributed by atoms with van der Waals surface area (Å²) in [7, 11) is 3.09. The van der Waals surface area contributed by atoms with Gasteiger partial charge >= 0.3 is 0 Å². The normalized spacial score (nSPS) is 15.3. The van der Waals surface area contributed by atoms with E-state index in [0.29, 0.717) is 28.7 Å². The average molecular weight is 430 g/mol. The van der Waals surface area contributed by atoms with Crippen LogP contribution in [0.3, 0.4) is 0 Å². The van der Waals surface area contributed by atoms with Gasteiger partial charge in [-0.2, -0.15) is 10.1 Å². The van der Waals surface area contributed by atoms with E-state index in [0.717, 1.165) is 22.2 Å². The number of allylic oxidation sites excluding steroid dienone is 2. The van der Waals surface area contributed by atoms with Gasteiger partial charge in [0.1, 0.15) is 23.9 Å². The maximum absolute atomic E-state index is 13.3. The Kier molecular flexibility index (Phi) is 4.78. The van der Waals surface area contributed by atoms with Gasteiger partial charge in [0.15, 0.2) is 0 Å². The van der Waals surface area contributed by atoms with Crippen molar-refractivity contribution in [2.24, 2.45) is 0 Å². The van der Waals surface area contributed by atoms with Crippen LogP contribution in [-0.2, 0) is 0 Å². The number of rotatable bonds is 5. The van der Waals surface area contributed by atoms with Crippen molar-refractivity contribution in [3.63, 3.8) is 0 Å². The molecule has 162 valence electrons. The Morgan fingerprint density at radius 1 is 1.16 bits per heavy atom. The minimum atomic E-state index is -0.377. The standard InChI is InChI=1S/C23H22N6O3/c1-13-20(28-22(30)16-9-8-14(31-2)10-19(16)32-3)21(29-23(27-13)25-12-26-29)17-11-24-18-7-5-4-6-15(17)18/h4-12,21,24H,1-3H3,(H,28,30)(H,25,26,27)/t21-/m1/s1. The largest absolute Gasteiger partial charge is 0.497 e. The zero-order valence-electron chi connectivity index (χ0n) is 17.8. The summed E-state index contributed by atoms with van der Waals surface area (Å²) in [5, 5.41) is 11.8. The highest BCUT2D eigenvalue weighted by molar-refractivity contribution is 5.98. The summed E-state index contributed by atoms with van der Waals surface area (Å²) in [6.07, 6.45) is 3.44. The Hall–Kier alpha value is -4.27. The van der Waals surface area contributed by atoms with E-state index in [1.807, 2.05) is 37.4 Å². The highest BCUT2D eigenvalue weighted by atomic mass is 16.5. The third-order valence-electron chi connectivity index (χ3n) is 5.61. The van der Waals surface area contributed by atoms with Gasteiger partial charge in [-0.1, -0.05) is 18.2 Å². The molecule has 9 nitrogen and oxygen atoms in total. The van der Waals surface area contributed by atoms with Crippen molar-refractivity contribution in [2.45, 2.75) is 13.0 Å². The number of nitrogens with zero attached hydrogens (tertiary/aromatic N) is 3. The molecule has 4 aromatic rings. The molecule has 1 aliphatic rings. The molecule has 3 heterocycles. The van der Waals surface area contributed by atoms with Crippen LogP contribution >= 0.6 is 0 Å². The van der Waals surface area contributed by atoms with Crippen molar-refractivity contribution in [2.75, 3.05) is 19.5 Å². The molecule has 0 spiro atoms. The molecule has 2 aromatic heterocycles. The fraction of sp³-hybridized carbons (Fsp3) is 0.174. The van der Waals surface area contributed by atoms with Crippen LogP contribution in [-0.4, -0.2) is 39.9 Å². The van der Waals surface area contributed by atoms with Crippen LogP contribution in [0.15, 0.2) is 66.4 Å². The number of para-hydroxylation sites is 1. The van der Waals surface area contributed by atoms with Crippen molar-refractivity contribution in [1.82, 2.24) is 25.1 Å². The van der Waals surface area contributed by atoms with E-state index in [1.165, 1.54) is 13.4 Å². The molecule has 2 aromatic carbocycles. The van der Waals surface area contributed by atoms with E-state index in [1.54, 1.807) is 30.0 Å². The Morgan fingerprint density at radius 2 is 2.00 bits per heavy atom. The number of aromatic amines is 1. The van der Waals surface area contributed by atoms with Gasteiger partial charge in [0.2, 0.25) is 5.95 Å². The number of hydrogen-bond acceptors (Lipinski definition) is 6. The molecule has 1 amide bonds. The average Bonchev–Trinajstić information content (AvgIpc) is 3.46. The van der Waals surface area contributed by atoms with Gasteiger partial charge in [-0.05, 0) is 25.1 Å². The predicted molar refractivity (Wildman–Crippen MR) is 120 cm³/mol. The highest BCUT2D eigenvalue weighted by Crippen LogP contribution is 2.37. The summed E-state index contributed by atoms with van der Waals surface area (Å²) in [4.78, 5) is 20.9. The van der Waals surface area contributed by atoms with E-state index in [4.69, 9.17) is 9.47 Å². The van der Waals surface area contributed by atoms with E-state index in [9.17, 15) is 4.79 Å². The lowest BCUT2D eigenvalue weighted by Gasteiger charge is -2.29. The summed E-state index contributed by atoms with van der Waals surface area (Å²) in [5.74, 6) is 1.35. The summed E-state index contributed by atoms with van der Waals surface area (Å²) in [5.41, 5.74) is 3.83. The van der Waals surface area contributed by atoms with Gasteiger partial charge in [-0.15, -0.1) is 0 Å². The van der Waals surface area contributed by atoms with Crippen LogP contribution in [0, 0.1) is 0 Å². The number of carbonyl (C=O) groups excluding carboxylic acids is 1. The number of anilines is 1. The Balaban J connectivity index is 1.58. The van der Waals surface area contributed by atoms with Crippen molar-refractivity contribution in [3.8, 4) is 11.5 Å². The topological polar surface area (TPSA) is 106 Å². The molecule has 0 bridgehead atoms. The van der Waals surface area contributed by atoms with Crippen LogP contribution in [0.4, 0.5) is 5.95 Å². The van der Waals surface area contributed by atoms with Crippen LogP contribution in [0.2, 0.25) is 0 Å². The zero-order valence-corrected chi connectivity index (χ0v) is 17.8. The number of H-pyrrole nitrogens is 1. The quantitative estimate of drug-likeness (QED) is 0.448. The first kappa shape index (κ1) is 19.7. The molecule has 9 heteroatoms. The maximum Gasteiger partial charge on any atom is 0.259 e. The van der Waals surface area contributed by atoms with Crippen LogP contribution in [0.25, 0.3) is 10.9 Å². The molecular formula is C23H22N6O3. The van der Waals surface area contributed by atoms with Crippen LogP contribution in [0.5, 0.6) is 11.5 Å². The predicted octanol–water partition coefficient (Wildman–Crippen LogP) is 3.45. The summed E-state index contributed by atoms with van der Waals surface area (Å²) >= 11 is 0. The molecule has 0 radical (unpaired) electrons. The van der Waals surface area contributed by atoms with Gasteiger partial charge in [0, 0.05) is 34.4 Å². The minimum Gasteiger partial charge on any atom is -0.497 e. The third-order valence-corrected chi connectivity index (χ3v) is 5.61.